The number of nitrogens with two attached hydrogens (primary N) is 1. The highest BCUT2D eigenvalue weighted by atomic mass is 19.3. The summed E-state index contributed by atoms with van der Waals surface area (Å²) in [5, 5.41) is 3.82. The Morgan fingerprint density at radius 1 is 1.27 bits per heavy atom. The zero-order valence-electron chi connectivity index (χ0n) is 15.3. The fraction of sp³-hybridized carbons (Fsp3) is 0.500. The summed E-state index contributed by atoms with van der Waals surface area (Å²) in [5.74, 6) is 2.42. The van der Waals surface area contributed by atoms with Crippen LogP contribution in [0.3, 0.4) is 0 Å². The first-order valence-electron chi connectivity index (χ1n) is 9.17. The summed E-state index contributed by atoms with van der Waals surface area (Å²) in [6, 6.07) is 6.14. The minimum atomic E-state index is -2.68. The molecular formula is C20H24F2N4. The number of hydrogen-bond donors (Lipinski definition) is 1. The van der Waals surface area contributed by atoms with E-state index in [2.05, 4.69) is 30.0 Å². The number of aliphatic imine (C=N–C) groups is 1. The summed E-state index contributed by atoms with van der Waals surface area (Å²) < 4.78 is 27.8. The van der Waals surface area contributed by atoms with Gasteiger partial charge in [-0.05, 0) is 53.7 Å². The van der Waals surface area contributed by atoms with Crippen LogP contribution in [-0.2, 0) is 7.05 Å². The summed E-state index contributed by atoms with van der Waals surface area (Å²) in [4.78, 5) is 4.58. The van der Waals surface area contributed by atoms with Gasteiger partial charge in [-0.15, -0.1) is 0 Å². The predicted molar refractivity (Wildman–Crippen MR) is 98.0 cm³/mol. The standard InChI is InChI=1S/C20H24F2N4/c1-10(2)16-12-7-8-13(16)17-11(12)5-4-6-15(17)24-20(23)14-9-26(3)25-18(14)19(21)22/h4-6,9-10,12-13,16,19H,7-8H2,1-3H3,(H2,23,24). The molecule has 1 saturated carbocycles. The minimum absolute atomic E-state index is 0.102. The summed E-state index contributed by atoms with van der Waals surface area (Å²) in [5.41, 5.74) is 9.49. The molecule has 0 radical (unpaired) electrons. The Morgan fingerprint density at radius 3 is 2.69 bits per heavy atom. The van der Waals surface area contributed by atoms with E-state index in [0.29, 0.717) is 23.7 Å². The van der Waals surface area contributed by atoms with Crippen molar-refractivity contribution in [3.63, 3.8) is 0 Å². The molecule has 0 spiro atoms. The van der Waals surface area contributed by atoms with Crippen LogP contribution in [0, 0.1) is 11.8 Å². The molecule has 2 aromatic rings. The second-order valence-electron chi connectivity index (χ2n) is 7.79. The van der Waals surface area contributed by atoms with Gasteiger partial charge in [0.05, 0.1) is 11.3 Å². The second-order valence-corrected chi connectivity index (χ2v) is 7.79. The summed E-state index contributed by atoms with van der Waals surface area (Å²) in [7, 11) is 1.61. The van der Waals surface area contributed by atoms with Crippen molar-refractivity contribution in [1.29, 1.82) is 0 Å². The Bertz CT molecular complexity index is 869. The lowest BCUT2D eigenvalue weighted by molar-refractivity contribution is 0.145. The number of amidine groups is 1. The number of aryl methyl sites for hydroxylation is 1. The molecule has 138 valence electrons. The number of nitrogens with zero attached hydrogens (tertiary/aromatic N) is 3. The molecule has 0 saturated heterocycles. The van der Waals surface area contributed by atoms with E-state index in [0.717, 1.165) is 5.69 Å². The molecule has 2 aliphatic rings. The van der Waals surface area contributed by atoms with E-state index in [1.165, 1.54) is 34.8 Å². The largest absolute Gasteiger partial charge is 0.383 e. The quantitative estimate of drug-likeness (QED) is 0.639. The first-order valence-corrected chi connectivity index (χ1v) is 9.17. The summed E-state index contributed by atoms with van der Waals surface area (Å²) in [6.45, 7) is 4.56. The van der Waals surface area contributed by atoms with Crippen LogP contribution >= 0.6 is 0 Å². The Labute approximate surface area is 152 Å². The summed E-state index contributed by atoms with van der Waals surface area (Å²) >= 11 is 0. The van der Waals surface area contributed by atoms with Gasteiger partial charge in [0.15, 0.2) is 0 Å². The van der Waals surface area contributed by atoms with Crippen molar-refractivity contribution < 1.29 is 8.78 Å². The van der Waals surface area contributed by atoms with Crippen molar-refractivity contribution in [3.8, 4) is 0 Å². The van der Waals surface area contributed by atoms with E-state index in [1.54, 1.807) is 7.05 Å². The van der Waals surface area contributed by atoms with Crippen LogP contribution in [0.4, 0.5) is 14.5 Å². The Morgan fingerprint density at radius 2 is 2.00 bits per heavy atom. The highest BCUT2D eigenvalue weighted by molar-refractivity contribution is 6.00. The molecule has 1 heterocycles. The molecule has 3 unspecified atom stereocenters. The van der Waals surface area contributed by atoms with Crippen LogP contribution in [-0.4, -0.2) is 15.6 Å². The van der Waals surface area contributed by atoms with Gasteiger partial charge in [0.2, 0.25) is 0 Å². The average Bonchev–Trinajstić information content (AvgIpc) is 3.26. The van der Waals surface area contributed by atoms with E-state index >= 15 is 0 Å². The van der Waals surface area contributed by atoms with Gasteiger partial charge in [-0.3, -0.25) is 4.68 Å². The van der Waals surface area contributed by atoms with Crippen LogP contribution < -0.4 is 5.73 Å². The number of aromatic nitrogens is 2. The molecule has 0 amide bonds. The number of benzene rings is 1. The lowest BCUT2D eigenvalue weighted by Gasteiger charge is -2.20. The van der Waals surface area contributed by atoms with Gasteiger partial charge >= 0.3 is 0 Å². The predicted octanol–water partition coefficient (Wildman–Crippen LogP) is 4.64. The van der Waals surface area contributed by atoms with Crippen LogP contribution in [0.15, 0.2) is 29.4 Å². The first kappa shape index (κ1) is 17.2. The van der Waals surface area contributed by atoms with Crippen molar-refractivity contribution >= 4 is 11.5 Å². The van der Waals surface area contributed by atoms with Gasteiger partial charge in [-0.1, -0.05) is 26.0 Å². The highest BCUT2D eigenvalue weighted by Gasteiger charge is 2.47. The molecule has 3 atom stereocenters. The lowest BCUT2D eigenvalue weighted by Crippen LogP contribution is -2.15. The van der Waals surface area contributed by atoms with E-state index in [1.807, 2.05) is 12.1 Å². The monoisotopic (exact) mass is 358 g/mol. The van der Waals surface area contributed by atoms with Gasteiger partial charge < -0.3 is 5.73 Å². The van der Waals surface area contributed by atoms with Crippen molar-refractivity contribution in [2.45, 2.75) is 45.0 Å². The van der Waals surface area contributed by atoms with E-state index < -0.39 is 6.43 Å². The maximum Gasteiger partial charge on any atom is 0.282 e. The van der Waals surface area contributed by atoms with E-state index in [4.69, 9.17) is 5.73 Å². The number of halogens is 2. The Hall–Kier alpha value is -2.24. The zero-order valence-corrected chi connectivity index (χ0v) is 15.3. The van der Waals surface area contributed by atoms with Crippen LogP contribution in [0.25, 0.3) is 0 Å². The summed E-state index contributed by atoms with van der Waals surface area (Å²) in [6.07, 6.45) is 1.22. The van der Waals surface area contributed by atoms with Crippen molar-refractivity contribution in [2.75, 3.05) is 0 Å². The smallest absolute Gasteiger partial charge is 0.282 e. The molecule has 2 bridgehead atoms. The highest BCUT2D eigenvalue weighted by Crippen LogP contribution is 2.61. The van der Waals surface area contributed by atoms with E-state index in [-0.39, 0.29) is 17.1 Å². The molecule has 1 aromatic heterocycles. The van der Waals surface area contributed by atoms with Gasteiger partial charge in [-0.2, -0.15) is 5.10 Å². The van der Waals surface area contributed by atoms with Crippen LogP contribution in [0.5, 0.6) is 0 Å². The first-order chi connectivity index (χ1) is 12.4. The molecule has 26 heavy (non-hydrogen) atoms. The molecule has 1 aromatic carbocycles. The normalized spacial score (nSPS) is 24.7. The number of hydrogen-bond acceptors (Lipinski definition) is 2. The van der Waals surface area contributed by atoms with Crippen LogP contribution in [0.2, 0.25) is 0 Å². The van der Waals surface area contributed by atoms with Gasteiger partial charge in [0.25, 0.3) is 6.43 Å². The third kappa shape index (κ3) is 2.54. The third-order valence-corrected chi connectivity index (χ3v) is 5.96. The fourth-order valence-electron chi connectivity index (χ4n) is 5.10. The lowest BCUT2D eigenvalue weighted by atomic mass is 9.85. The van der Waals surface area contributed by atoms with E-state index in [9.17, 15) is 8.78 Å². The number of alkyl halides is 2. The SMILES string of the molecule is CC(C)C1C2CCC1c1c(N=C(N)c3cn(C)nc3C(F)F)cccc12. The van der Waals surface area contributed by atoms with Crippen LogP contribution in [0.1, 0.15) is 67.3 Å². The molecule has 6 heteroatoms. The maximum atomic E-state index is 13.2. The van der Waals surface area contributed by atoms with Gasteiger partial charge in [0.1, 0.15) is 11.5 Å². The third-order valence-electron chi connectivity index (χ3n) is 5.96. The van der Waals surface area contributed by atoms with Crippen molar-refractivity contribution in [2.24, 2.45) is 29.6 Å². The molecular weight excluding hydrogens is 334 g/mol. The second kappa shape index (κ2) is 6.18. The Balaban J connectivity index is 1.77. The van der Waals surface area contributed by atoms with Gasteiger partial charge in [-0.25, -0.2) is 13.8 Å². The number of fused-ring (bicyclic) bond motifs is 5. The van der Waals surface area contributed by atoms with Crippen molar-refractivity contribution in [1.82, 2.24) is 9.78 Å². The molecule has 4 rings (SSSR count). The Kier molecular flexibility index (Phi) is 4.09. The zero-order chi connectivity index (χ0) is 18.6. The molecule has 2 aliphatic carbocycles. The maximum absolute atomic E-state index is 13.2. The molecule has 0 aliphatic heterocycles. The topological polar surface area (TPSA) is 56.2 Å². The minimum Gasteiger partial charge on any atom is -0.383 e. The average molecular weight is 358 g/mol. The van der Waals surface area contributed by atoms with Gasteiger partial charge in [0, 0.05) is 13.2 Å². The van der Waals surface area contributed by atoms with Crippen molar-refractivity contribution in [3.05, 3.63) is 46.8 Å². The molecule has 4 nitrogen and oxygen atoms in total. The molecule has 1 fully saturated rings. The fourth-order valence-corrected chi connectivity index (χ4v) is 5.10. The number of rotatable bonds is 4. The molecule has 2 N–H and O–H groups in total.